The van der Waals surface area contributed by atoms with E-state index >= 15 is 0 Å². The van der Waals surface area contributed by atoms with Crippen LogP contribution in [0.2, 0.25) is 0 Å². The number of benzene rings is 2. The van der Waals surface area contributed by atoms with E-state index in [0.717, 1.165) is 10.9 Å². The van der Waals surface area contributed by atoms with E-state index in [1.165, 1.54) is 13.3 Å². The van der Waals surface area contributed by atoms with Crippen molar-refractivity contribution in [3.8, 4) is 11.5 Å². The Morgan fingerprint density at radius 3 is 2.76 bits per heavy atom. The van der Waals surface area contributed by atoms with Crippen molar-refractivity contribution < 1.29 is 23.8 Å². The number of hydrogen-bond donors (Lipinski definition) is 1. The van der Waals surface area contributed by atoms with Crippen LogP contribution in [-0.2, 0) is 9.53 Å². The van der Waals surface area contributed by atoms with Crippen LogP contribution in [0.25, 0.3) is 10.9 Å². The first kappa shape index (κ1) is 22.2. The van der Waals surface area contributed by atoms with E-state index in [4.69, 9.17) is 14.2 Å². The smallest absolute Gasteiger partial charge is 0.289 e. The first-order valence-corrected chi connectivity index (χ1v) is 10.5. The molecule has 0 bridgehead atoms. The summed E-state index contributed by atoms with van der Waals surface area (Å²) in [7, 11) is 1.51. The molecule has 0 spiro atoms. The Hall–Kier alpha value is -3.98. The SMILES string of the molecule is COc1cc(/C=N/NC(=O)c2ccc3ccccc3n2)ccc1OCC(=O)N1CCOCC1. The maximum absolute atomic E-state index is 12.4. The average molecular weight is 448 g/mol. The van der Waals surface area contributed by atoms with E-state index < -0.39 is 5.91 Å². The van der Waals surface area contributed by atoms with Gasteiger partial charge in [-0.3, -0.25) is 9.59 Å². The minimum Gasteiger partial charge on any atom is -0.493 e. The summed E-state index contributed by atoms with van der Waals surface area (Å²) in [4.78, 5) is 30.7. The molecule has 0 saturated carbocycles. The van der Waals surface area contributed by atoms with Crippen LogP contribution < -0.4 is 14.9 Å². The summed E-state index contributed by atoms with van der Waals surface area (Å²) in [6.45, 7) is 2.12. The Balaban J connectivity index is 1.35. The van der Waals surface area contributed by atoms with Crippen molar-refractivity contribution in [2.24, 2.45) is 5.10 Å². The molecule has 1 aromatic heterocycles. The van der Waals surface area contributed by atoms with Crippen molar-refractivity contribution in [3.63, 3.8) is 0 Å². The highest BCUT2D eigenvalue weighted by atomic mass is 16.5. The lowest BCUT2D eigenvalue weighted by Crippen LogP contribution is -2.43. The number of pyridine rings is 1. The fourth-order valence-corrected chi connectivity index (χ4v) is 3.34. The number of carbonyl (C=O) groups excluding carboxylic acids is 2. The number of rotatable bonds is 7. The fourth-order valence-electron chi connectivity index (χ4n) is 3.34. The van der Waals surface area contributed by atoms with Crippen LogP contribution in [0.4, 0.5) is 0 Å². The van der Waals surface area contributed by atoms with Crippen molar-refractivity contribution in [3.05, 3.63) is 65.9 Å². The molecule has 0 radical (unpaired) electrons. The van der Waals surface area contributed by atoms with Gasteiger partial charge in [-0.2, -0.15) is 5.10 Å². The van der Waals surface area contributed by atoms with E-state index in [2.05, 4.69) is 15.5 Å². The van der Waals surface area contributed by atoms with Gasteiger partial charge in [-0.15, -0.1) is 0 Å². The lowest BCUT2D eigenvalue weighted by molar-refractivity contribution is -0.137. The molecule has 0 unspecified atom stereocenters. The lowest BCUT2D eigenvalue weighted by atomic mass is 10.2. The molecule has 3 aromatic rings. The summed E-state index contributed by atoms with van der Waals surface area (Å²) < 4.78 is 16.3. The number of nitrogens with zero attached hydrogens (tertiary/aromatic N) is 3. The van der Waals surface area contributed by atoms with Crippen LogP contribution in [0.1, 0.15) is 16.1 Å². The van der Waals surface area contributed by atoms with Gasteiger partial charge in [0.1, 0.15) is 5.69 Å². The second-order valence-electron chi connectivity index (χ2n) is 7.28. The quantitative estimate of drug-likeness (QED) is 0.439. The highest BCUT2D eigenvalue weighted by Gasteiger charge is 2.18. The van der Waals surface area contributed by atoms with Crippen LogP contribution >= 0.6 is 0 Å². The maximum atomic E-state index is 12.4. The minimum atomic E-state index is -0.412. The van der Waals surface area contributed by atoms with Crippen LogP contribution in [-0.4, -0.2) is 67.9 Å². The van der Waals surface area contributed by atoms with E-state index in [1.54, 1.807) is 29.2 Å². The van der Waals surface area contributed by atoms with Crippen molar-refractivity contribution in [2.75, 3.05) is 40.0 Å². The maximum Gasteiger partial charge on any atom is 0.289 e. The number of nitrogens with one attached hydrogen (secondary N) is 1. The molecule has 0 aliphatic carbocycles. The van der Waals surface area contributed by atoms with Gasteiger partial charge < -0.3 is 19.1 Å². The monoisotopic (exact) mass is 448 g/mol. The minimum absolute atomic E-state index is 0.0847. The van der Waals surface area contributed by atoms with Gasteiger partial charge in [0.15, 0.2) is 18.1 Å². The van der Waals surface area contributed by atoms with E-state index in [9.17, 15) is 9.59 Å². The zero-order valence-corrected chi connectivity index (χ0v) is 18.2. The number of hydrogen-bond acceptors (Lipinski definition) is 7. The Kier molecular flexibility index (Phi) is 7.11. The van der Waals surface area contributed by atoms with Crippen molar-refractivity contribution in [1.29, 1.82) is 0 Å². The van der Waals surface area contributed by atoms with Crippen LogP contribution in [0, 0.1) is 0 Å². The molecular weight excluding hydrogens is 424 g/mol. The highest BCUT2D eigenvalue weighted by molar-refractivity contribution is 5.95. The summed E-state index contributed by atoms with van der Waals surface area (Å²) in [5, 5.41) is 4.96. The van der Waals surface area contributed by atoms with E-state index in [-0.39, 0.29) is 18.2 Å². The molecule has 1 fully saturated rings. The molecule has 1 N–H and O–H groups in total. The van der Waals surface area contributed by atoms with Crippen LogP contribution in [0.3, 0.4) is 0 Å². The number of fused-ring (bicyclic) bond motifs is 1. The first-order valence-electron chi connectivity index (χ1n) is 10.5. The Morgan fingerprint density at radius 2 is 1.94 bits per heavy atom. The molecule has 1 aliphatic heterocycles. The average Bonchev–Trinajstić information content (AvgIpc) is 2.87. The number of hydrazone groups is 1. The molecule has 9 nitrogen and oxygen atoms in total. The largest absolute Gasteiger partial charge is 0.493 e. The Bertz CT molecular complexity index is 1170. The van der Waals surface area contributed by atoms with Gasteiger partial charge >= 0.3 is 0 Å². The molecule has 2 amide bonds. The molecule has 170 valence electrons. The zero-order chi connectivity index (χ0) is 23.0. The summed E-state index contributed by atoms with van der Waals surface area (Å²) in [5.74, 6) is 0.387. The van der Waals surface area contributed by atoms with Gasteiger partial charge in [-0.05, 0) is 35.9 Å². The Morgan fingerprint density at radius 1 is 1.12 bits per heavy atom. The third kappa shape index (κ3) is 5.64. The predicted octanol–water partition coefficient (Wildman–Crippen LogP) is 2.24. The molecular formula is C24H24N4O5. The number of carbonyl (C=O) groups is 2. The van der Waals surface area contributed by atoms with Gasteiger partial charge in [-0.25, -0.2) is 10.4 Å². The number of ether oxygens (including phenoxy) is 3. The number of amides is 2. The highest BCUT2D eigenvalue weighted by Crippen LogP contribution is 2.27. The topological polar surface area (TPSA) is 102 Å². The van der Waals surface area contributed by atoms with Gasteiger partial charge in [-0.1, -0.05) is 24.3 Å². The molecule has 4 rings (SSSR count). The third-order valence-electron chi connectivity index (χ3n) is 5.11. The summed E-state index contributed by atoms with van der Waals surface area (Å²) >= 11 is 0. The second kappa shape index (κ2) is 10.6. The van der Waals surface area contributed by atoms with Crippen molar-refractivity contribution >= 4 is 28.9 Å². The summed E-state index contributed by atoms with van der Waals surface area (Å²) in [6, 6.07) is 16.2. The predicted molar refractivity (Wildman–Crippen MR) is 123 cm³/mol. The Labute approximate surface area is 191 Å². The molecule has 1 saturated heterocycles. The number of morpholine rings is 1. The number of methoxy groups -OCH3 is 1. The second-order valence-corrected chi connectivity index (χ2v) is 7.28. The van der Waals surface area contributed by atoms with E-state index in [1.807, 2.05) is 30.3 Å². The molecule has 9 heteroatoms. The number of para-hydroxylation sites is 1. The van der Waals surface area contributed by atoms with Gasteiger partial charge in [0.05, 0.1) is 32.1 Å². The van der Waals surface area contributed by atoms with Gasteiger partial charge in [0, 0.05) is 18.5 Å². The first-order chi connectivity index (χ1) is 16.1. The standard InChI is InChI=1S/C24H24N4O5/c1-31-22-14-17(6-9-21(22)33-16-23(29)28-10-12-32-13-11-28)15-25-27-24(30)20-8-7-18-4-2-3-5-19(18)26-20/h2-9,14-15H,10-13,16H2,1H3,(H,27,30)/b25-15+. The molecule has 33 heavy (non-hydrogen) atoms. The third-order valence-corrected chi connectivity index (χ3v) is 5.11. The molecule has 0 atom stereocenters. The van der Waals surface area contributed by atoms with Gasteiger partial charge in [0.25, 0.3) is 11.8 Å². The summed E-state index contributed by atoms with van der Waals surface area (Å²) in [6.07, 6.45) is 1.49. The molecule has 2 aromatic carbocycles. The number of aromatic nitrogens is 1. The normalized spacial score (nSPS) is 13.8. The zero-order valence-electron chi connectivity index (χ0n) is 18.2. The van der Waals surface area contributed by atoms with Crippen molar-refractivity contribution in [1.82, 2.24) is 15.3 Å². The van der Waals surface area contributed by atoms with E-state index in [0.29, 0.717) is 43.4 Å². The van der Waals surface area contributed by atoms with Crippen LogP contribution in [0.5, 0.6) is 11.5 Å². The lowest BCUT2D eigenvalue weighted by Gasteiger charge is -2.26. The van der Waals surface area contributed by atoms with Gasteiger partial charge in [0.2, 0.25) is 0 Å². The summed E-state index contributed by atoms with van der Waals surface area (Å²) in [5.41, 5.74) is 4.17. The van der Waals surface area contributed by atoms with Crippen molar-refractivity contribution in [2.45, 2.75) is 0 Å². The fraction of sp³-hybridized carbons (Fsp3) is 0.250. The van der Waals surface area contributed by atoms with Crippen LogP contribution in [0.15, 0.2) is 59.7 Å². The molecule has 2 heterocycles. The molecule has 1 aliphatic rings.